The topological polar surface area (TPSA) is 77.3 Å². The van der Waals surface area contributed by atoms with Crippen LogP contribution in [-0.2, 0) is 13.6 Å². The zero-order chi connectivity index (χ0) is 21.5. The quantitative estimate of drug-likeness (QED) is 0.391. The number of para-hydroxylation sites is 1. The first kappa shape index (κ1) is 21.0. The molecule has 0 fully saturated rings. The Hall–Kier alpha value is -3.72. The third kappa shape index (κ3) is 5.00. The summed E-state index contributed by atoms with van der Waals surface area (Å²) in [5.74, 6) is 7.29. The maximum Gasteiger partial charge on any atom is 0.279 e. The van der Waals surface area contributed by atoms with E-state index in [-0.39, 0.29) is 12.1 Å². The summed E-state index contributed by atoms with van der Waals surface area (Å²) in [7, 11) is 1.72. The van der Waals surface area contributed by atoms with Gasteiger partial charge in [0.1, 0.15) is 23.8 Å². The summed E-state index contributed by atoms with van der Waals surface area (Å²) in [6.45, 7) is 5.05. The molecule has 0 saturated carbocycles. The zero-order valence-electron chi connectivity index (χ0n) is 17.6. The van der Waals surface area contributed by atoms with Crippen molar-refractivity contribution in [2.75, 3.05) is 17.6 Å². The molecule has 0 unspecified atom stereocenters. The minimum atomic E-state index is -0.189. The number of amidine groups is 1. The number of nitrogen functional groups attached to an aromatic ring is 1. The molecule has 0 spiro atoms. The molecule has 154 valence electrons. The van der Waals surface area contributed by atoms with E-state index in [1.54, 1.807) is 16.4 Å². The maximum atomic E-state index is 13.0. The lowest BCUT2D eigenvalue weighted by atomic mass is 10.2. The molecule has 0 saturated heterocycles. The molecule has 6 nitrogen and oxygen atoms in total. The van der Waals surface area contributed by atoms with E-state index in [0.29, 0.717) is 29.7 Å². The maximum absolute atomic E-state index is 13.0. The van der Waals surface area contributed by atoms with Gasteiger partial charge in [0.05, 0.1) is 0 Å². The fourth-order valence-electron chi connectivity index (χ4n) is 3.08. The molecule has 1 aromatic heterocycles. The summed E-state index contributed by atoms with van der Waals surface area (Å²) in [5.41, 5.74) is 8.31. The van der Waals surface area contributed by atoms with Crippen LogP contribution in [0.1, 0.15) is 25.0 Å². The van der Waals surface area contributed by atoms with Crippen LogP contribution in [0.5, 0.6) is 0 Å². The van der Waals surface area contributed by atoms with E-state index in [1.807, 2.05) is 60.7 Å². The number of nitrogens with one attached hydrogen (secondary N) is 1. The van der Waals surface area contributed by atoms with Crippen LogP contribution in [0, 0.1) is 17.8 Å². The molecule has 0 aliphatic rings. The Morgan fingerprint density at radius 2 is 1.73 bits per heavy atom. The number of hydrogen-bond acceptors (Lipinski definition) is 3. The van der Waals surface area contributed by atoms with Gasteiger partial charge in [-0.3, -0.25) is 19.2 Å². The molecular weight excluding hydrogens is 374 g/mol. The van der Waals surface area contributed by atoms with Crippen molar-refractivity contribution in [2.24, 2.45) is 18.0 Å². The Bertz CT molecular complexity index is 1130. The monoisotopic (exact) mass is 401 g/mol. The molecule has 30 heavy (non-hydrogen) atoms. The van der Waals surface area contributed by atoms with E-state index in [4.69, 9.17) is 5.73 Å². The SMILES string of the molecule is CC(C)Cn1c(N)c(C(=NCC#Cc2ccccc2)Nc2ccccc2)c(=O)n1C. The highest BCUT2D eigenvalue weighted by atomic mass is 16.1. The lowest BCUT2D eigenvalue weighted by Crippen LogP contribution is -2.26. The lowest BCUT2D eigenvalue weighted by molar-refractivity contribution is 0.428. The van der Waals surface area contributed by atoms with E-state index in [2.05, 4.69) is 36.0 Å². The molecule has 0 radical (unpaired) electrons. The largest absolute Gasteiger partial charge is 0.383 e. The fourth-order valence-corrected chi connectivity index (χ4v) is 3.08. The van der Waals surface area contributed by atoms with Crippen molar-refractivity contribution in [1.82, 2.24) is 9.36 Å². The minimum Gasteiger partial charge on any atom is -0.383 e. The number of aliphatic imine (C=N–C) groups is 1. The van der Waals surface area contributed by atoms with Gasteiger partial charge in [0.2, 0.25) is 0 Å². The first-order chi connectivity index (χ1) is 14.5. The van der Waals surface area contributed by atoms with Gasteiger partial charge in [-0.25, -0.2) is 0 Å². The molecule has 1 heterocycles. The predicted molar refractivity (Wildman–Crippen MR) is 124 cm³/mol. The number of benzene rings is 2. The van der Waals surface area contributed by atoms with E-state index < -0.39 is 0 Å². The number of anilines is 2. The van der Waals surface area contributed by atoms with E-state index in [9.17, 15) is 4.79 Å². The number of nitrogens with two attached hydrogens (primary N) is 1. The van der Waals surface area contributed by atoms with Crippen LogP contribution in [0.25, 0.3) is 0 Å². The van der Waals surface area contributed by atoms with Gasteiger partial charge >= 0.3 is 0 Å². The van der Waals surface area contributed by atoms with Crippen LogP contribution in [0.2, 0.25) is 0 Å². The second-order valence-corrected chi connectivity index (χ2v) is 7.39. The van der Waals surface area contributed by atoms with Crippen LogP contribution < -0.4 is 16.6 Å². The highest BCUT2D eigenvalue weighted by molar-refractivity contribution is 6.10. The molecule has 6 heteroatoms. The first-order valence-electron chi connectivity index (χ1n) is 9.93. The van der Waals surface area contributed by atoms with Crippen LogP contribution in [-0.4, -0.2) is 21.7 Å². The molecule has 0 atom stereocenters. The van der Waals surface area contributed by atoms with E-state index >= 15 is 0 Å². The molecule has 0 bridgehead atoms. The second kappa shape index (κ2) is 9.66. The Kier molecular flexibility index (Phi) is 6.76. The molecule has 3 aromatic rings. The Morgan fingerprint density at radius 3 is 2.37 bits per heavy atom. The molecule has 0 aliphatic carbocycles. The van der Waals surface area contributed by atoms with Crippen molar-refractivity contribution in [3.63, 3.8) is 0 Å². The average Bonchev–Trinajstić information content (AvgIpc) is 2.95. The number of aromatic nitrogens is 2. The highest BCUT2D eigenvalue weighted by Crippen LogP contribution is 2.15. The summed E-state index contributed by atoms with van der Waals surface area (Å²) in [5, 5.41) is 3.25. The summed E-state index contributed by atoms with van der Waals surface area (Å²) in [4.78, 5) is 17.6. The van der Waals surface area contributed by atoms with Crippen molar-refractivity contribution in [2.45, 2.75) is 20.4 Å². The van der Waals surface area contributed by atoms with Gasteiger partial charge in [0, 0.05) is 24.8 Å². The Balaban J connectivity index is 1.98. The smallest absolute Gasteiger partial charge is 0.279 e. The summed E-state index contributed by atoms with van der Waals surface area (Å²) < 4.78 is 3.34. The summed E-state index contributed by atoms with van der Waals surface area (Å²) in [6.07, 6.45) is 0. The summed E-state index contributed by atoms with van der Waals surface area (Å²) in [6, 6.07) is 19.3. The molecular formula is C24H27N5O. The lowest BCUT2D eigenvalue weighted by Gasteiger charge is -2.12. The van der Waals surface area contributed by atoms with Gasteiger partial charge in [-0.2, -0.15) is 0 Å². The predicted octanol–water partition coefficient (Wildman–Crippen LogP) is 3.34. The van der Waals surface area contributed by atoms with Crippen LogP contribution in [0.3, 0.4) is 0 Å². The Morgan fingerprint density at radius 1 is 1.10 bits per heavy atom. The normalized spacial score (nSPS) is 11.3. The minimum absolute atomic E-state index is 0.189. The van der Waals surface area contributed by atoms with Crippen molar-refractivity contribution < 1.29 is 0 Å². The fraction of sp³-hybridized carbons (Fsp3) is 0.250. The molecule has 3 rings (SSSR count). The molecule has 0 amide bonds. The third-order valence-corrected chi connectivity index (χ3v) is 4.54. The van der Waals surface area contributed by atoms with E-state index in [1.165, 1.54) is 0 Å². The highest BCUT2D eigenvalue weighted by Gasteiger charge is 2.21. The zero-order valence-corrected chi connectivity index (χ0v) is 17.6. The standard InChI is InChI=1S/C24H27N5O/c1-18(2)17-29-22(25)21(24(30)28(29)3)23(27-20-14-8-5-9-15-20)26-16-10-13-19-11-6-4-7-12-19/h4-9,11-12,14-15,18H,16-17,25H2,1-3H3,(H,26,27). The first-order valence-corrected chi connectivity index (χ1v) is 9.93. The van der Waals surface area contributed by atoms with Crippen LogP contribution in [0.4, 0.5) is 11.5 Å². The van der Waals surface area contributed by atoms with Gasteiger partial charge in [-0.1, -0.05) is 62.1 Å². The van der Waals surface area contributed by atoms with Gasteiger partial charge in [0.25, 0.3) is 5.56 Å². The molecule has 0 aliphatic heterocycles. The number of hydrogen-bond donors (Lipinski definition) is 2. The Labute approximate surface area is 177 Å². The summed E-state index contributed by atoms with van der Waals surface area (Å²) >= 11 is 0. The van der Waals surface area contributed by atoms with Crippen molar-refractivity contribution in [3.8, 4) is 11.8 Å². The average molecular weight is 402 g/mol. The second-order valence-electron chi connectivity index (χ2n) is 7.39. The van der Waals surface area contributed by atoms with Gasteiger partial charge in [-0.05, 0) is 30.2 Å². The van der Waals surface area contributed by atoms with E-state index in [0.717, 1.165) is 11.3 Å². The van der Waals surface area contributed by atoms with Crippen LogP contribution in [0.15, 0.2) is 70.5 Å². The van der Waals surface area contributed by atoms with Gasteiger partial charge in [-0.15, -0.1) is 0 Å². The molecule has 3 N–H and O–H groups in total. The number of nitrogens with zero attached hydrogens (tertiary/aromatic N) is 3. The van der Waals surface area contributed by atoms with Gasteiger partial charge < -0.3 is 11.1 Å². The van der Waals surface area contributed by atoms with Gasteiger partial charge in [0.15, 0.2) is 0 Å². The molecule has 2 aromatic carbocycles. The van der Waals surface area contributed by atoms with Crippen molar-refractivity contribution in [1.29, 1.82) is 0 Å². The number of rotatable bonds is 5. The van der Waals surface area contributed by atoms with Crippen molar-refractivity contribution in [3.05, 3.63) is 82.1 Å². The third-order valence-electron chi connectivity index (χ3n) is 4.54. The van der Waals surface area contributed by atoms with Crippen molar-refractivity contribution >= 4 is 17.3 Å². The van der Waals surface area contributed by atoms with Crippen LogP contribution >= 0.6 is 0 Å².